The third kappa shape index (κ3) is 4.90. The van der Waals surface area contributed by atoms with Crippen molar-refractivity contribution in [1.29, 1.82) is 0 Å². The molecule has 2 amide bonds. The first-order valence-corrected chi connectivity index (χ1v) is 13.7. The molecular formula is C30H26F5N5O5. The first-order valence-electron chi connectivity index (χ1n) is 13.7. The van der Waals surface area contributed by atoms with Gasteiger partial charge in [-0.15, -0.1) is 0 Å². The van der Waals surface area contributed by atoms with Crippen molar-refractivity contribution in [3.63, 3.8) is 0 Å². The number of aromatic nitrogens is 3. The molecule has 45 heavy (non-hydrogen) atoms. The van der Waals surface area contributed by atoms with Crippen LogP contribution in [0.2, 0.25) is 0 Å². The molecule has 6 rings (SSSR count). The molecule has 4 aromatic rings. The monoisotopic (exact) mass is 631 g/mol. The van der Waals surface area contributed by atoms with Crippen LogP contribution < -0.4 is 20.5 Å². The lowest BCUT2D eigenvalue weighted by Gasteiger charge is -2.32. The molecule has 1 aliphatic carbocycles. The number of fused-ring (bicyclic) bond motifs is 2. The molecule has 2 aromatic heterocycles. The van der Waals surface area contributed by atoms with Crippen LogP contribution in [0.25, 0.3) is 22.2 Å². The van der Waals surface area contributed by atoms with Crippen LogP contribution in [0.15, 0.2) is 42.6 Å². The number of pyridine rings is 1. The third-order valence-electron chi connectivity index (χ3n) is 8.17. The average Bonchev–Trinajstić information content (AvgIpc) is 3.65. The van der Waals surface area contributed by atoms with Gasteiger partial charge >= 0.3 is 6.18 Å². The van der Waals surface area contributed by atoms with Gasteiger partial charge in [0.25, 0.3) is 5.91 Å². The van der Waals surface area contributed by atoms with Crippen molar-refractivity contribution < 1.29 is 46.1 Å². The maximum atomic E-state index is 16.2. The minimum absolute atomic E-state index is 0.00308. The summed E-state index contributed by atoms with van der Waals surface area (Å²) in [6.45, 7) is -0.931. The van der Waals surface area contributed by atoms with Crippen LogP contribution in [0.1, 0.15) is 47.4 Å². The molecule has 0 saturated heterocycles. The van der Waals surface area contributed by atoms with Crippen LogP contribution in [-0.4, -0.2) is 58.1 Å². The van der Waals surface area contributed by atoms with E-state index in [0.29, 0.717) is 10.9 Å². The van der Waals surface area contributed by atoms with Gasteiger partial charge in [-0.3, -0.25) is 14.3 Å². The van der Waals surface area contributed by atoms with E-state index in [1.165, 1.54) is 26.2 Å². The fraction of sp³-hybridized carbons (Fsp3) is 0.333. The number of nitrogens with zero attached hydrogens (tertiary/aromatic N) is 3. The van der Waals surface area contributed by atoms with Crippen LogP contribution in [0.4, 0.5) is 22.0 Å². The third-order valence-corrected chi connectivity index (χ3v) is 8.17. The molecule has 4 N–H and O–H groups in total. The highest BCUT2D eigenvalue weighted by atomic mass is 19.4. The number of hydrogen-bond donors (Lipinski definition) is 3. The lowest BCUT2D eigenvalue weighted by Crippen LogP contribution is -2.52. The molecule has 2 atom stereocenters. The molecule has 1 unspecified atom stereocenters. The minimum Gasteiger partial charge on any atom is -0.494 e. The second-order valence-corrected chi connectivity index (χ2v) is 11.3. The first kappa shape index (κ1) is 30.2. The summed E-state index contributed by atoms with van der Waals surface area (Å²) in [5.41, 5.74) is -2.80. The Bertz CT molecular complexity index is 1860. The lowest BCUT2D eigenvalue weighted by atomic mass is 9.81. The fourth-order valence-corrected chi connectivity index (χ4v) is 5.30. The van der Waals surface area contributed by atoms with Gasteiger partial charge in [-0.2, -0.15) is 18.3 Å². The number of ether oxygens (including phenoxy) is 2. The summed E-state index contributed by atoms with van der Waals surface area (Å²) in [6.07, 6.45) is -2.05. The normalized spacial score (nSPS) is 19.1. The quantitative estimate of drug-likeness (QED) is 0.249. The Hall–Kier alpha value is -4.79. The average molecular weight is 632 g/mol. The predicted molar refractivity (Wildman–Crippen MR) is 148 cm³/mol. The van der Waals surface area contributed by atoms with E-state index in [1.807, 2.05) is 5.32 Å². The molecule has 10 nitrogen and oxygen atoms in total. The second-order valence-electron chi connectivity index (χ2n) is 11.3. The molecule has 236 valence electrons. The number of carbonyl (C=O) groups is 2. The van der Waals surface area contributed by atoms with Crippen molar-refractivity contribution in [2.75, 3.05) is 20.3 Å². The van der Waals surface area contributed by atoms with Gasteiger partial charge in [0.05, 0.1) is 25.3 Å². The van der Waals surface area contributed by atoms with Crippen molar-refractivity contribution in [3.8, 4) is 22.8 Å². The van der Waals surface area contributed by atoms with Gasteiger partial charge in [0.2, 0.25) is 11.5 Å². The molecule has 1 saturated carbocycles. The van der Waals surface area contributed by atoms with E-state index in [4.69, 9.17) is 15.2 Å². The minimum atomic E-state index is -5.60. The van der Waals surface area contributed by atoms with Crippen molar-refractivity contribution >= 4 is 22.7 Å². The Kier molecular flexibility index (Phi) is 6.99. The number of amides is 2. The van der Waals surface area contributed by atoms with E-state index in [9.17, 15) is 32.3 Å². The molecule has 0 radical (unpaired) electrons. The number of benzene rings is 2. The number of hydrogen-bond acceptors (Lipinski definition) is 7. The molecule has 3 heterocycles. The number of methoxy groups -OCH3 is 1. The number of nitrogens with two attached hydrogens (primary N) is 1. The number of rotatable bonds is 8. The predicted octanol–water partition coefficient (Wildman–Crippen LogP) is 4.04. The summed E-state index contributed by atoms with van der Waals surface area (Å²) < 4.78 is 86.6. The second kappa shape index (κ2) is 10.4. The van der Waals surface area contributed by atoms with Gasteiger partial charge in [-0.05, 0) is 56.2 Å². The van der Waals surface area contributed by atoms with E-state index in [0.717, 1.165) is 37.1 Å². The van der Waals surface area contributed by atoms with Crippen molar-refractivity contribution in [1.82, 2.24) is 20.1 Å². The summed E-state index contributed by atoms with van der Waals surface area (Å²) in [4.78, 5) is 29.4. The zero-order chi connectivity index (χ0) is 32.5. The van der Waals surface area contributed by atoms with E-state index < -0.39 is 70.7 Å². The van der Waals surface area contributed by atoms with Gasteiger partial charge in [-0.25, -0.2) is 13.8 Å². The number of alkyl halides is 3. The number of nitrogens with one attached hydrogen (secondary N) is 1. The highest BCUT2D eigenvalue weighted by molar-refractivity contribution is 6.00. The fourth-order valence-electron chi connectivity index (χ4n) is 5.30. The molecule has 2 aliphatic rings. The molecule has 0 spiro atoms. The van der Waals surface area contributed by atoms with E-state index in [2.05, 4.69) is 10.1 Å². The van der Waals surface area contributed by atoms with Crippen LogP contribution in [0.5, 0.6) is 11.5 Å². The van der Waals surface area contributed by atoms with Gasteiger partial charge in [0, 0.05) is 22.7 Å². The molecule has 1 fully saturated rings. The molecule has 0 bridgehead atoms. The highest BCUT2D eigenvalue weighted by Crippen LogP contribution is 2.49. The van der Waals surface area contributed by atoms with Gasteiger partial charge in [0.1, 0.15) is 40.5 Å². The van der Waals surface area contributed by atoms with E-state index in [-0.39, 0.29) is 28.7 Å². The summed E-state index contributed by atoms with van der Waals surface area (Å²) in [7, 11) is 1.35. The molecule has 1 aliphatic heterocycles. The summed E-state index contributed by atoms with van der Waals surface area (Å²) in [5.74, 6) is -4.71. The molecule has 15 heteroatoms. The zero-order valence-corrected chi connectivity index (χ0v) is 23.8. The standard InChI is InChI=1S/C30H26F5N5O5/c1-28(27(36)42)13-45-24-20(28)21(32)25(38-23(24)14-3-5-17(31)6-4-14)29(43,30(33,34)35)12-37-26(41)15-9-16-11-40(18-7-8-18)39-22(16)19(10-15)44-2/h3-6,9-11,18,43H,7-8,12-13H2,1-2H3,(H2,36,42)(H,37,41)/t28-,29?/m1/s1. The Balaban J connectivity index is 1.43. The van der Waals surface area contributed by atoms with Crippen LogP contribution >= 0.6 is 0 Å². The Labute approximate surface area is 251 Å². The number of halogens is 5. The van der Waals surface area contributed by atoms with E-state index >= 15 is 4.39 Å². The van der Waals surface area contributed by atoms with Gasteiger partial charge in [0.15, 0.2) is 11.6 Å². The largest absolute Gasteiger partial charge is 0.494 e. The number of primary amides is 1. The Morgan fingerprint density at radius 1 is 1.20 bits per heavy atom. The smallest absolute Gasteiger partial charge is 0.424 e. The highest BCUT2D eigenvalue weighted by Gasteiger charge is 2.60. The van der Waals surface area contributed by atoms with Crippen molar-refractivity contribution in [2.45, 2.75) is 43.0 Å². The first-order chi connectivity index (χ1) is 21.2. The Morgan fingerprint density at radius 3 is 2.49 bits per heavy atom. The summed E-state index contributed by atoms with van der Waals surface area (Å²) >= 11 is 0. The van der Waals surface area contributed by atoms with E-state index in [1.54, 1.807) is 10.9 Å². The maximum Gasteiger partial charge on any atom is 0.424 e. The Morgan fingerprint density at radius 2 is 1.89 bits per heavy atom. The molecule has 2 aromatic carbocycles. The SMILES string of the molecule is COc1cc(C(=O)NCC(O)(c2nc(-c3ccc(F)cc3)c3c(c2F)[C@](C)(C(N)=O)CO3)C(F)(F)F)cc2cn(C3CC3)nc12. The van der Waals surface area contributed by atoms with Gasteiger partial charge in [-0.1, -0.05) is 0 Å². The van der Waals surface area contributed by atoms with Crippen LogP contribution in [0, 0.1) is 11.6 Å². The van der Waals surface area contributed by atoms with Crippen molar-refractivity contribution in [2.24, 2.45) is 5.73 Å². The topological polar surface area (TPSA) is 142 Å². The number of aliphatic hydroxyl groups is 1. The van der Waals surface area contributed by atoms with Gasteiger partial charge < -0.3 is 25.6 Å². The van der Waals surface area contributed by atoms with Crippen LogP contribution in [-0.2, 0) is 15.8 Å². The lowest BCUT2D eigenvalue weighted by molar-refractivity contribution is -0.266. The maximum absolute atomic E-state index is 16.2. The summed E-state index contributed by atoms with van der Waals surface area (Å²) in [5, 5.41) is 18.2. The van der Waals surface area contributed by atoms with Crippen molar-refractivity contribution in [3.05, 3.63) is 71.1 Å². The molecular weight excluding hydrogens is 605 g/mol. The zero-order valence-electron chi connectivity index (χ0n) is 23.8. The number of carbonyl (C=O) groups excluding carboxylic acids is 2. The summed E-state index contributed by atoms with van der Waals surface area (Å²) in [6, 6.07) is 7.19. The van der Waals surface area contributed by atoms with Crippen LogP contribution in [0.3, 0.4) is 0 Å².